The van der Waals surface area contributed by atoms with Gasteiger partial charge in [-0.2, -0.15) is 10.4 Å². The number of aryl methyl sites for hydroxylation is 1. The van der Waals surface area contributed by atoms with E-state index in [2.05, 4.69) is 46.5 Å². The molecule has 1 fully saturated rings. The van der Waals surface area contributed by atoms with Gasteiger partial charge in [0, 0.05) is 51.0 Å². The number of hydrogen-bond donors (Lipinski definition) is 0. The maximum atomic E-state index is 12.8. The van der Waals surface area contributed by atoms with E-state index >= 15 is 0 Å². The number of amides is 1. The third-order valence-corrected chi connectivity index (χ3v) is 5.50. The molecule has 29 heavy (non-hydrogen) atoms. The molecule has 0 spiro atoms. The maximum absolute atomic E-state index is 12.8. The molecule has 0 unspecified atom stereocenters. The van der Waals surface area contributed by atoms with Gasteiger partial charge in [-0.25, -0.2) is 4.98 Å². The largest absolute Gasteiger partial charge is 0.352 e. The summed E-state index contributed by atoms with van der Waals surface area (Å²) in [6.07, 6.45) is 2.94. The van der Waals surface area contributed by atoms with Gasteiger partial charge in [0.1, 0.15) is 11.9 Å². The van der Waals surface area contributed by atoms with Gasteiger partial charge in [0.15, 0.2) is 0 Å². The first-order valence-corrected chi connectivity index (χ1v) is 10.3. The molecule has 0 radical (unpaired) electrons. The lowest BCUT2D eigenvalue weighted by molar-refractivity contribution is -0.131. The van der Waals surface area contributed by atoms with E-state index in [1.54, 1.807) is 18.3 Å². The average Bonchev–Trinajstić information content (AvgIpc) is 2.98. The Morgan fingerprint density at radius 3 is 2.62 bits per heavy atom. The van der Waals surface area contributed by atoms with Crippen molar-refractivity contribution in [1.29, 1.82) is 5.26 Å². The highest BCUT2D eigenvalue weighted by Gasteiger charge is 2.24. The van der Waals surface area contributed by atoms with Gasteiger partial charge in [0.2, 0.25) is 5.91 Å². The van der Waals surface area contributed by atoms with Crippen molar-refractivity contribution in [3.05, 3.63) is 40.8 Å². The van der Waals surface area contributed by atoms with Crippen LogP contribution in [0, 0.1) is 31.1 Å². The van der Waals surface area contributed by atoms with Crippen molar-refractivity contribution in [3.8, 4) is 6.07 Å². The van der Waals surface area contributed by atoms with Crippen LogP contribution in [0.1, 0.15) is 42.8 Å². The molecule has 154 valence electrons. The first kappa shape index (κ1) is 20.8. The lowest BCUT2D eigenvalue weighted by atomic mass is 10.1. The number of hydrogen-bond acceptors (Lipinski definition) is 5. The lowest BCUT2D eigenvalue weighted by Crippen LogP contribution is -2.49. The molecule has 3 rings (SSSR count). The third kappa shape index (κ3) is 4.76. The van der Waals surface area contributed by atoms with Crippen LogP contribution in [0.5, 0.6) is 0 Å². The van der Waals surface area contributed by atoms with Crippen molar-refractivity contribution in [2.75, 3.05) is 31.1 Å². The Balaban J connectivity index is 1.56. The first-order valence-electron chi connectivity index (χ1n) is 10.3. The number of carbonyl (C=O) groups excluding carboxylic acids is 1. The van der Waals surface area contributed by atoms with E-state index in [1.165, 1.54) is 11.3 Å². The van der Waals surface area contributed by atoms with Crippen molar-refractivity contribution in [2.24, 2.45) is 5.92 Å². The van der Waals surface area contributed by atoms with Gasteiger partial charge in [-0.3, -0.25) is 9.48 Å². The quantitative estimate of drug-likeness (QED) is 0.753. The van der Waals surface area contributed by atoms with Crippen LogP contribution in [-0.2, 0) is 17.8 Å². The molecular weight excluding hydrogens is 364 g/mol. The van der Waals surface area contributed by atoms with Gasteiger partial charge in [0.25, 0.3) is 0 Å². The van der Waals surface area contributed by atoms with Crippen LogP contribution >= 0.6 is 0 Å². The van der Waals surface area contributed by atoms with Crippen LogP contribution in [0.25, 0.3) is 0 Å². The molecule has 3 heterocycles. The zero-order valence-corrected chi connectivity index (χ0v) is 17.9. The molecule has 0 atom stereocenters. The monoisotopic (exact) mass is 394 g/mol. The summed E-state index contributed by atoms with van der Waals surface area (Å²) in [5, 5.41) is 13.9. The molecule has 7 nitrogen and oxygen atoms in total. The minimum absolute atomic E-state index is 0.182. The fraction of sp³-hybridized carbons (Fsp3) is 0.545. The molecule has 2 aromatic rings. The van der Waals surface area contributed by atoms with E-state index in [9.17, 15) is 10.1 Å². The number of nitriles is 1. The maximum Gasteiger partial charge on any atom is 0.223 e. The minimum atomic E-state index is 0.182. The van der Waals surface area contributed by atoms with E-state index in [0.29, 0.717) is 49.9 Å². The summed E-state index contributed by atoms with van der Waals surface area (Å²) in [6.45, 7) is 12.1. The molecule has 2 aromatic heterocycles. The third-order valence-electron chi connectivity index (χ3n) is 5.50. The molecule has 0 bridgehead atoms. The highest BCUT2D eigenvalue weighted by atomic mass is 16.2. The van der Waals surface area contributed by atoms with Crippen molar-refractivity contribution in [1.82, 2.24) is 19.7 Å². The van der Waals surface area contributed by atoms with Gasteiger partial charge in [0.05, 0.1) is 11.3 Å². The standard InChI is InChI=1S/C22H30N6O/c1-16(2)15-28-18(4)20(17(3)25-28)7-8-21(29)26-10-12-27(13-11-26)22-19(14-23)6-5-9-24-22/h5-6,9,16H,7-8,10-13,15H2,1-4H3. The molecular formula is C22H30N6O. The number of anilines is 1. The fourth-order valence-electron chi connectivity index (χ4n) is 3.91. The van der Waals surface area contributed by atoms with Crippen LogP contribution in [0.3, 0.4) is 0 Å². The molecule has 7 heteroatoms. The predicted octanol–water partition coefficient (Wildman–Crippen LogP) is 2.70. The summed E-state index contributed by atoms with van der Waals surface area (Å²) in [6, 6.07) is 5.75. The van der Waals surface area contributed by atoms with Gasteiger partial charge in [-0.1, -0.05) is 13.8 Å². The smallest absolute Gasteiger partial charge is 0.223 e. The van der Waals surface area contributed by atoms with Crippen LogP contribution in [0.4, 0.5) is 5.82 Å². The zero-order chi connectivity index (χ0) is 21.0. The molecule has 0 aliphatic carbocycles. The van der Waals surface area contributed by atoms with Crippen molar-refractivity contribution < 1.29 is 4.79 Å². The lowest BCUT2D eigenvalue weighted by Gasteiger charge is -2.35. The van der Waals surface area contributed by atoms with Gasteiger partial charge >= 0.3 is 0 Å². The molecule has 1 amide bonds. The topological polar surface area (TPSA) is 78.1 Å². The highest BCUT2D eigenvalue weighted by molar-refractivity contribution is 5.77. The first-order chi connectivity index (χ1) is 13.9. The second-order valence-electron chi connectivity index (χ2n) is 8.08. The van der Waals surface area contributed by atoms with Gasteiger partial charge < -0.3 is 9.80 Å². The molecule has 0 N–H and O–H groups in total. The molecule has 0 saturated carbocycles. The van der Waals surface area contributed by atoms with Crippen LogP contribution < -0.4 is 4.90 Å². The summed E-state index contributed by atoms with van der Waals surface area (Å²) in [5.41, 5.74) is 3.98. The summed E-state index contributed by atoms with van der Waals surface area (Å²) in [5.74, 6) is 1.44. The average molecular weight is 395 g/mol. The van der Waals surface area contributed by atoms with E-state index in [0.717, 1.165) is 18.7 Å². The Labute approximate surface area is 172 Å². The molecule has 1 saturated heterocycles. The Morgan fingerprint density at radius 2 is 1.97 bits per heavy atom. The van der Waals surface area contributed by atoms with Crippen LogP contribution in [0.15, 0.2) is 18.3 Å². The zero-order valence-electron chi connectivity index (χ0n) is 17.9. The second-order valence-corrected chi connectivity index (χ2v) is 8.08. The number of aromatic nitrogens is 3. The molecule has 1 aliphatic rings. The summed E-state index contributed by atoms with van der Waals surface area (Å²) < 4.78 is 2.07. The Kier molecular flexibility index (Phi) is 6.53. The Bertz CT molecular complexity index is 903. The number of rotatable bonds is 6. The van der Waals surface area contributed by atoms with Crippen LogP contribution in [-0.4, -0.2) is 51.8 Å². The Hall–Kier alpha value is -2.88. The Morgan fingerprint density at radius 1 is 1.24 bits per heavy atom. The van der Waals surface area contributed by atoms with E-state index in [1.807, 2.05) is 11.8 Å². The minimum Gasteiger partial charge on any atom is -0.352 e. The van der Waals surface area contributed by atoms with Crippen molar-refractivity contribution >= 4 is 11.7 Å². The van der Waals surface area contributed by atoms with E-state index in [4.69, 9.17) is 0 Å². The van der Waals surface area contributed by atoms with Gasteiger partial charge in [-0.05, 0) is 43.9 Å². The fourth-order valence-corrected chi connectivity index (χ4v) is 3.91. The van der Waals surface area contributed by atoms with Gasteiger partial charge in [-0.15, -0.1) is 0 Å². The van der Waals surface area contributed by atoms with Crippen molar-refractivity contribution in [3.63, 3.8) is 0 Å². The molecule has 1 aliphatic heterocycles. The van der Waals surface area contributed by atoms with E-state index < -0.39 is 0 Å². The summed E-state index contributed by atoms with van der Waals surface area (Å²) in [4.78, 5) is 21.1. The summed E-state index contributed by atoms with van der Waals surface area (Å²) in [7, 11) is 0. The van der Waals surface area contributed by atoms with E-state index in [-0.39, 0.29) is 5.91 Å². The number of nitrogens with zero attached hydrogens (tertiary/aromatic N) is 6. The number of pyridine rings is 1. The van der Waals surface area contributed by atoms with Crippen LogP contribution in [0.2, 0.25) is 0 Å². The highest BCUT2D eigenvalue weighted by Crippen LogP contribution is 2.20. The second kappa shape index (κ2) is 9.08. The SMILES string of the molecule is Cc1nn(CC(C)C)c(C)c1CCC(=O)N1CCN(c2ncccc2C#N)CC1. The van der Waals surface area contributed by atoms with Crippen molar-refractivity contribution in [2.45, 2.75) is 47.1 Å². The summed E-state index contributed by atoms with van der Waals surface area (Å²) >= 11 is 0. The normalized spacial score (nSPS) is 14.3. The number of carbonyl (C=O) groups is 1. The number of piperazine rings is 1. The molecule has 0 aromatic carbocycles. The predicted molar refractivity (Wildman–Crippen MR) is 113 cm³/mol.